The smallest absolute Gasteiger partial charge is 0.315 e. The molecule has 2 unspecified atom stereocenters. The third kappa shape index (κ3) is 3.01. The van der Waals surface area contributed by atoms with Crippen LogP contribution in [-0.4, -0.2) is 30.1 Å². The van der Waals surface area contributed by atoms with Crippen molar-refractivity contribution >= 4 is 5.97 Å². The summed E-state index contributed by atoms with van der Waals surface area (Å²) in [5, 5.41) is 10.9. The summed E-state index contributed by atoms with van der Waals surface area (Å²) in [6, 6.07) is 9.47. The molecule has 1 aliphatic rings. The van der Waals surface area contributed by atoms with Gasteiger partial charge in [-0.15, -0.1) is 6.58 Å². The van der Waals surface area contributed by atoms with Crippen molar-refractivity contribution in [2.24, 2.45) is 11.3 Å². The first-order chi connectivity index (χ1) is 9.95. The van der Waals surface area contributed by atoms with Crippen LogP contribution in [-0.2, 0) is 20.7 Å². The van der Waals surface area contributed by atoms with Crippen molar-refractivity contribution in [3.05, 3.63) is 48.6 Å². The van der Waals surface area contributed by atoms with E-state index in [9.17, 15) is 9.90 Å². The standard InChI is InChI=1S/C17H22O4/c1-4-16(3)12-21-17(19,14(16)15(18)20-5-2)11-13-9-7-6-8-10-13/h4,6-10,14,19H,1,5,11-12H2,2-3H3/t14?,16-,17?/m1/s1. The molecule has 3 atom stereocenters. The monoisotopic (exact) mass is 290 g/mol. The maximum atomic E-state index is 12.3. The fraction of sp³-hybridized carbons (Fsp3) is 0.471. The quantitative estimate of drug-likeness (QED) is 0.668. The van der Waals surface area contributed by atoms with Crippen molar-refractivity contribution < 1.29 is 19.4 Å². The largest absolute Gasteiger partial charge is 0.466 e. The van der Waals surface area contributed by atoms with Crippen LogP contribution in [0.3, 0.4) is 0 Å². The second-order valence-corrected chi connectivity index (χ2v) is 5.69. The van der Waals surface area contributed by atoms with Gasteiger partial charge in [0.1, 0.15) is 5.92 Å². The molecular formula is C17H22O4. The Morgan fingerprint density at radius 2 is 2.19 bits per heavy atom. The maximum Gasteiger partial charge on any atom is 0.315 e. The highest BCUT2D eigenvalue weighted by molar-refractivity contribution is 5.75. The Morgan fingerprint density at radius 3 is 2.76 bits per heavy atom. The molecular weight excluding hydrogens is 268 g/mol. The molecule has 21 heavy (non-hydrogen) atoms. The van der Waals surface area contributed by atoms with Crippen LogP contribution >= 0.6 is 0 Å². The van der Waals surface area contributed by atoms with E-state index in [4.69, 9.17) is 9.47 Å². The molecule has 0 aromatic heterocycles. The number of rotatable bonds is 5. The van der Waals surface area contributed by atoms with Gasteiger partial charge in [-0.25, -0.2) is 0 Å². The van der Waals surface area contributed by atoms with Gasteiger partial charge in [0.25, 0.3) is 0 Å². The van der Waals surface area contributed by atoms with E-state index in [-0.39, 0.29) is 19.6 Å². The van der Waals surface area contributed by atoms with Crippen molar-refractivity contribution in [1.29, 1.82) is 0 Å². The average Bonchev–Trinajstić information content (AvgIpc) is 2.73. The van der Waals surface area contributed by atoms with Crippen LogP contribution in [0.1, 0.15) is 19.4 Å². The van der Waals surface area contributed by atoms with Crippen molar-refractivity contribution in [3.63, 3.8) is 0 Å². The Morgan fingerprint density at radius 1 is 1.52 bits per heavy atom. The summed E-state index contributed by atoms with van der Waals surface area (Å²) < 4.78 is 10.7. The van der Waals surface area contributed by atoms with Crippen LogP contribution in [0.4, 0.5) is 0 Å². The lowest BCUT2D eigenvalue weighted by atomic mass is 9.74. The Hall–Kier alpha value is -1.65. The van der Waals surface area contributed by atoms with Crippen LogP contribution in [0, 0.1) is 11.3 Å². The molecule has 114 valence electrons. The fourth-order valence-corrected chi connectivity index (χ4v) is 2.86. The molecule has 1 saturated heterocycles. The van der Waals surface area contributed by atoms with Crippen LogP contribution in [0.5, 0.6) is 0 Å². The van der Waals surface area contributed by atoms with E-state index in [0.29, 0.717) is 0 Å². The third-order valence-corrected chi connectivity index (χ3v) is 4.03. The second kappa shape index (κ2) is 6.00. The summed E-state index contributed by atoms with van der Waals surface area (Å²) in [7, 11) is 0. The van der Waals surface area contributed by atoms with Gasteiger partial charge < -0.3 is 14.6 Å². The number of aliphatic hydroxyl groups is 1. The summed E-state index contributed by atoms with van der Waals surface area (Å²) in [4.78, 5) is 12.3. The molecule has 0 aliphatic carbocycles. The zero-order valence-electron chi connectivity index (χ0n) is 12.5. The van der Waals surface area contributed by atoms with Gasteiger partial charge in [-0.1, -0.05) is 43.3 Å². The van der Waals surface area contributed by atoms with Gasteiger partial charge in [0.15, 0.2) is 5.79 Å². The van der Waals surface area contributed by atoms with Crippen LogP contribution in [0.25, 0.3) is 0 Å². The van der Waals surface area contributed by atoms with Crippen molar-refractivity contribution in [3.8, 4) is 0 Å². The lowest BCUT2D eigenvalue weighted by Crippen LogP contribution is -2.46. The molecule has 0 saturated carbocycles. The second-order valence-electron chi connectivity index (χ2n) is 5.69. The number of hydrogen-bond acceptors (Lipinski definition) is 4. The molecule has 4 heteroatoms. The van der Waals surface area contributed by atoms with E-state index in [1.807, 2.05) is 37.3 Å². The summed E-state index contributed by atoms with van der Waals surface area (Å²) in [6.07, 6.45) is 1.90. The minimum Gasteiger partial charge on any atom is -0.466 e. The van der Waals surface area contributed by atoms with Crippen LogP contribution in [0.15, 0.2) is 43.0 Å². The van der Waals surface area contributed by atoms with Gasteiger partial charge in [0.2, 0.25) is 0 Å². The van der Waals surface area contributed by atoms with E-state index in [1.165, 1.54) is 0 Å². The first kappa shape index (κ1) is 15.7. The van der Waals surface area contributed by atoms with Gasteiger partial charge in [-0.3, -0.25) is 4.79 Å². The number of ether oxygens (including phenoxy) is 2. The molecule has 1 fully saturated rings. The average molecular weight is 290 g/mol. The third-order valence-electron chi connectivity index (χ3n) is 4.03. The molecule has 0 spiro atoms. The minimum absolute atomic E-state index is 0.237. The molecule has 2 rings (SSSR count). The van der Waals surface area contributed by atoms with E-state index in [0.717, 1.165) is 5.56 Å². The lowest BCUT2D eigenvalue weighted by Gasteiger charge is -2.32. The Labute approximate surface area is 125 Å². The Bertz CT molecular complexity index is 513. The predicted molar refractivity (Wildman–Crippen MR) is 79.5 cm³/mol. The molecule has 1 aromatic carbocycles. The number of esters is 1. The Balaban J connectivity index is 2.31. The summed E-state index contributed by atoms with van der Waals surface area (Å²) in [6.45, 7) is 7.89. The van der Waals surface area contributed by atoms with Gasteiger partial charge in [0.05, 0.1) is 13.2 Å². The summed E-state index contributed by atoms with van der Waals surface area (Å²) in [5.41, 5.74) is 0.262. The van der Waals surface area contributed by atoms with E-state index in [1.54, 1.807) is 13.0 Å². The molecule has 1 heterocycles. The van der Waals surface area contributed by atoms with Crippen LogP contribution < -0.4 is 0 Å². The number of carbonyl (C=O) groups excluding carboxylic acids is 1. The zero-order valence-corrected chi connectivity index (χ0v) is 12.5. The first-order valence-electron chi connectivity index (χ1n) is 7.15. The normalized spacial score (nSPS) is 31.9. The first-order valence-corrected chi connectivity index (χ1v) is 7.15. The van der Waals surface area contributed by atoms with Crippen molar-refractivity contribution in [2.75, 3.05) is 13.2 Å². The highest BCUT2D eigenvalue weighted by Gasteiger charge is 2.58. The number of benzene rings is 1. The molecule has 4 nitrogen and oxygen atoms in total. The van der Waals surface area contributed by atoms with Gasteiger partial charge in [0, 0.05) is 11.8 Å². The lowest BCUT2D eigenvalue weighted by molar-refractivity contribution is -0.206. The predicted octanol–water partition coefficient (Wildman–Crippen LogP) is 2.32. The summed E-state index contributed by atoms with van der Waals surface area (Å²) in [5.74, 6) is -2.81. The molecule has 0 amide bonds. The fourth-order valence-electron chi connectivity index (χ4n) is 2.86. The number of carbonyl (C=O) groups is 1. The number of hydrogen-bond donors (Lipinski definition) is 1. The summed E-state index contributed by atoms with van der Waals surface area (Å²) >= 11 is 0. The van der Waals surface area contributed by atoms with Crippen LogP contribution in [0.2, 0.25) is 0 Å². The van der Waals surface area contributed by atoms with E-state index < -0.39 is 23.1 Å². The maximum absolute atomic E-state index is 12.3. The van der Waals surface area contributed by atoms with E-state index in [2.05, 4.69) is 6.58 Å². The van der Waals surface area contributed by atoms with Crippen molar-refractivity contribution in [1.82, 2.24) is 0 Å². The highest BCUT2D eigenvalue weighted by atomic mass is 16.6. The van der Waals surface area contributed by atoms with Gasteiger partial charge in [-0.2, -0.15) is 0 Å². The molecule has 0 radical (unpaired) electrons. The molecule has 1 aromatic rings. The minimum atomic E-state index is -1.57. The van der Waals surface area contributed by atoms with Crippen molar-refractivity contribution in [2.45, 2.75) is 26.1 Å². The molecule has 0 bridgehead atoms. The topological polar surface area (TPSA) is 55.8 Å². The Kier molecular flexibility index (Phi) is 4.49. The SMILES string of the molecule is C=C[C@]1(C)COC(O)(Cc2ccccc2)C1C(=O)OCC. The van der Waals surface area contributed by atoms with Gasteiger partial charge >= 0.3 is 5.97 Å². The van der Waals surface area contributed by atoms with E-state index >= 15 is 0 Å². The molecule has 1 N–H and O–H groups in total. The molecule has 1 aliphatic heterocycles. The highest BCUT2D eigenvalue weighted by Crippen LogP contribution is 2.46. The van der Waals surface area contributed by atoms with Gasteiger partial charge in [-0.05, 0) is 12.5 Å². The zero-order chi connectivity index (χ0) is 15.5.